The zero-order valence-electron chi connectivity index (χ0n) is 12.5. The van der Waals surface area contributed by atoms with E-state index in [9.17, 15) is 18.0 Å². The van der Waals surface area contributed by atoms with Crippen molar-refractivity contribution in [1.29, 1.82) is 0 Å². The largest absolute Gasteiger partial charge is 0.471 e. The second-order valence-corrected chi connectivity index (χ2v) is 5.71. The van der Waals surface area contributed by atoms with Gasteiger partial charge in [-0.1, -0.05) is 17.3 Å². The molecule has 3 rings (SSSR count). The molecule has 1 aliphatic rings. The van der Waals surface area contributed by atoms with Crippen molar-refractivity contribution in [3.8, 4) is 11.4 Å². The molecule has 1 unspecified atom stereocenters. The summed E-state index contributed by atoms with van der Waals surface area (Å²) in [7, 11) is 0. The molecule has 1 fully saturated rings. The highest BCUT2D eigenvalue weighted by Gasteiger charge is 2.38. The lowest BCUT2D eigenvalue weighted by Gasteiger charge is -2.11. The number of carbonyl (C=O) groups is 1. The number of alkyl halides is 3. The standard InChI is InChI=1S/C15H15F3N4O2/c16-15(17,18)14-21-12(22-24-14)9-3-5-10(6-4-9)13(23)20-7-11(19)8-1-2-8/h3-6,8,11H,1-2,7,19H2,(H,20,23). The maximum Gasteiger partial charge on any atom is 0.471 e. The lowest BCUT2D eigenvalue weighted by Crippen LogP contribution is -2.38. The normalized spacial score (nSPS) is 16.0. The molecule has 1 amide bonds. The number of nitrogens with two attached hydrogens (primary N) is 1. The molecule has 9 heteroatoms. The maximum absolute atomic E-state index is 12.4. The van der Waals surface area contributed by atoms with Crippen molar-refractivity contribution in [3.63, 3.8) is 0 Å². The number of rotatable bonds is 5. The molecule has 3 N–H and O–H groups in total. The summed E-state index contributed by atoms with van der Waals surface area (Å²) in [6, 6.07) is 5.84. The minimum Gasteiger partial charge on any atom is -0.350 e. The van der Waals surface area contributed by atoms with Crippen LogP contribution in [0.3, 0.4) is 0 Å². The SMILES string of the molecule is NC(CNC(=O)c1ccc(-c2noc(C(F)(F)F)n2)cc1)C1CC1. The second-order valence-electron chi connectivity index (χ2n) is 5.71. The Hall–Kier alpha value is -2.42. The first-order valence-corrected chi connectivity index (χ1v) is 7.39. The van der Waals surface area contributed by atoms with Gasteiger partial charge in [-0.05, 0) is 30.9 Å². The fraction of sp³-hybridized carbons (Fsp3) is 0.400. The van der Waals surface area contributed by atoms with Gasteiger partial charge in [0.1, 0.15) is 0 Å². The van der Waals surface area contributed by atoms with Gasteiger partial charge in [-0.3, -0.25) is 4.79 Å². The fourth-order valence-electron chi connectivity index (χ4n) is 2.23. The number of benzene rings is 1. The van der Waals surface area contributed by atoms with E-state index >= 15 is 0 Å². The van der Waals surface area contributed by atoms with Gasteiger partial charge in [-0.15, -0.1) is 0 Å². The van der Waals surface area contributed by atoms with Gasteiger partial charge in [0.2, 0.25) is 5.82 Å². The molecule has 0 radical (unpaired) electrons. The molecule has 1 aromatic carbocycles. The monoisotopic (exact) mass is 340 g/mol. The Morgan fingerprint density at radius 3 is 2.54 bits per heavy atom. The number of halogens is 3. The summed E-state index contributed by atoms with van der Waals surface area (Å²) >= 11 is 0. The molecular formula is C15H15F3N4O2. The van der Waals surface area contributed by atoms with E-state index in [4.69, 9.17) is 5.73 Å². The predicted molar refractivity (Wildman–Crippen MR) is 77.8 cm³/mol. The van der Waals surface area contributed by atoms with Crippen LogP contribution in [0.25, 0.3) is 11.4 Å². The highest BCUT2D eigenvalue weighted by Crippen LogP contribution is 2.31. The summed E-state index contributed by atoms with van der Waals surface area (Å²) in [5.74, 6) is -1.41. The number of aromatic nitrogens is 2. The van der Waals surface area contributed by atoms with Crippen molar-refractivity contribution >= 4 is 5.91 Å². The van der Waals surface area contributed by atoms with Crippen molar-refractivity contribution in [2.24, 2.45) is 11.7 Å². The fourth-order valence-corrected chi connectivity index (χ4v) is 2.23. The molecule has 2 aromatic rings. The Bertz CT molecular complexity index is 723. The molecule has 1 aliphatic carbocycles. The summed E-state index contributed by atoms with van der Waals surface area (Å²) in [6.07, 6.45) is -2.50. The summed E-state index contributed by atoms with van der Waals surface area (Å²) in [4.78, 5) is 15.3. The van der Waals surface area contributed by atoms with E-state index in [1.165, 1.54) is 24.3 Å². The highest BCUT2D eigenvalue weighted by molar-refractivity contribution is 5.94. The third-order valence-corrected chi connectivity index (χ3v) is 3.80. The summed E-state index contributed by atoms with van der Waals surface area (Å²) in [6.45, 7) is 0.394. The number of nitrogens with zero attached hydrogens (tertiary/aromatic N) is 2. The average Bonchev–Trinajstić information content (AvgIpc) is 3.27. The van der Waals surface area contributed by atoms with Gasteiger partial charge in [0.25, 0.3) is 5.91 Å². The predicted octanol–water partition coefficient (Wildman–Crippen LogP) is 2.22. The van der Waals surface area contributed by atoms with Crippen molar-refractivity contribution in [1.82, 2.24) is 15.5 Å². The Morgan fingerprint density at radius 1 is 1.33 bits per heavy atom. The van der Waals surface area contributed by atoms with Crippen LogP contribution in [0.15, 0.2) is 28.8 Å². The third-order valence-electron chi connectivity index (χ3n) is 3.80. The van der Waals surface area contributed by atoms with E-state index in [2.05, 4.69) is 20.0 Å². The number of amides is 1. The van der Waals surface area contributed by atoms with E-state index in [1.54, 1.807) is 0 Å². The van der Waals surface area contributed by atoms with Gasteiger partial charge in [0.05, 0.1) is 0 Å². The van der Waals surface area contributed by atoms with Crippen molar-refractivity contribution < 1.29 is 22.5 Å². The van der Waals surface area contributed by atoms with Crippen LogP contribution in [0, 0.1) is 5.92 Å². The number of carbonyl (C=O) groups excluding carboxylic acids is 1. The smallest absolute Gasteiger partial charge is 0.350 e. The molecular weight excluding hydrogens is 325 g/mol. The number of hydrogen-bond acceptors (Lipinski definition) is 5. The van der Waals surface area contributed by atoms with Crippen LogP contribution in [0.2, 0.25) is 0 Å². The minimum atomic E-state index is -4.69. The van der Waals surface area contributed by atoms with Crippen LogP contribution in [0.1, 0.15) is 29.1 Å². The van der Waals surface area contributed by atoms with Gasteiger partial charge in [-0.25, -0.2) is 0 Å². The molecule has 0 spiro atoms. The summed E-state index contributed by atoms with van der Waals surface area (Å²) < 4.78 is 41.5. The lowest BCUT2D eigenvalue weighted by atomic mass is 10.1. The molecule has 1 aromatic heterocycles. The summed E-state index contributed by atoms with van der Waals surface area (Å²) in [5, 5.41) is 6.03. The molecule has 6 nitrogen and oxygen atoms in total. The molecule has 24 heavy (non-hydrogen) atoms. The Labute approximate surface area is 135 Å². The second kappa shape index (κ2) is 6.23. The molecule has 1 atom stereocenters. The van der Waals surface area contributed by atoms with Crippen molar-refractivity contribution in [2.45, 2.75) is 25.1 Å². The van der Waals surface area contributed by atoms with E-state index in [1.807, 2.05) is 0 Å². The van der Waals surface area contributed by atoms with Crippen LogP contribution < -0.4 is 11.1 Å². The lowest BCUT2D eigenvalue weighted by molar-refractivity contribution is -0.159. The molecule has 0 bridgehead atoms. The highest BCUT2D eigenvalue weighted by atomic mass is 19.4. The Kier molecular flexibility index (Phi) is 4.27. The topological polar surface area (TPSA) is 94.0 Å². The van der Waals surface area contributed by atoms with Gasteiger partial charge >= 0.3 is 12.1 Å². The van der Waals surface area contributed by atoms with Gasteiger partial charge in [0.15, 0.2) is 0 Å². The molecule has 1 saturated carbocycles. The summed E-state index contributed by atoms with van der Waals surface area (Å²) in [5.41, 5.74) is 6.61. The van der Waals surface area contributed by atoms with E-state index in [0.717, 1.165) is 12.8 Å². The van der Waals surface area contributed by atoms with Crippen LogP contribution in [0.4, 0.5) is 13.2 Å². The minimum absolute atomic E-state index is 0.0478. The molecule has 0 aliphatic heterocycles. The van der Waals surface area contributed by atoms with E-state index < -0.39 is 12.1 Å². The maximum atomic E-state index is 12.4. The zero-order chi connectivity index (χ0) is 17.3. The van der Waals surface area contributed by atoms with E-state index in [-0.39, 0.29) is 17.8 Å². The quantitative estimate of drug-likeness (QED) is 0.870. The number of nitrogens with one attached hydrogen (secondary N) is 1. The molecule has 1 heterocycles. The van der Waals surface area contributed by atoms with E-state index in [0.29, 0.717) is 23.6 Å². The Balaban J connectivity index is 1.64. The van der Waals surface area contributed by atoms with Crippen LogP contribution in [-0.4, -0.2) is 28.6 Å². The average molecular weight is 340 g/mol. The van der Waals surface area contributed by atoms with Crippen molar-refractivity contribution in [3.05, 3.63) is 35.7 Å². The molecule has 128 valence electrons. The van der Waals surface area contributed by atoms with Gasteiger partial charge < -0.3 is 15.6 Å². The van der Waals surface area contributed by atoms with Crippen LogP contribution in [-0.2, 0) is 6.18 Å². The van der Waals surface area contributed by atoms with Gasteiger partial charge in [-0.2, -0.15) is 18.2 Å². The third kappa shape index (κ3) is 3.73. The zero-order valence-corrected chi connectivity index (χ0v) is 12.5. The first-order chi connectivity index (χ1) is 11.3. The van der Waals surface area contributed by atoms with Crippen LogP contribution >= 0.6 is 0 Å². The molecule has 0 saturated heterocycles. The number of hydrogen-bond donors (Lipinski definition) is 2. The van der Waals surface area contributed by atoms with Gasteiger partial charge in [0, 0.05) is 23.7 Å². The van der Waals surface area contributed by atoms with Crippen LogP contribution in [0.5, 0.6) is 0 Å². The van der Waals surface area contributed by atoms with Crippen molar-refractivity contribution in [2.75, 3.05) is 6.54 Å². The first kappa shape index (κ1) is 16.4. The Morgan fingerprint density at radius 2 is 2.00 bits per heavy atom. The first-order valence-electron chi connectivity index (χ1n) is 7.39.